The summed E-state index contributed by atoms with van der Waals surface area (Å²) in [6.45, 7) is 12.8. The number of benzene rings is 4. The molecule has 0 heterocycles. The van der Waals surface area contributed by atoms with E-state index in [2.05, 4.69) is 70.5 Å². The van der Waals surface area contributed by atoms with Crippen molar-refractivity contribution in [1.82, 2.24) is 4.72 Å². The van der Waals surface area contributed by atoms with Crippen molar-refractivity contribution in [2.24, 2.45) is 5.73 Å². The molecule has 2 atom stereocenters. The topological polar surface area (TPSA) is 72.2 Å². The fourth-order valence-corrected chi connectivity index (χ4v) is 5.44. The van der Waals surface area contributed by atoms with Crippen LogP contribution in [0.15, 0.2) is 114 Å². The Labute approximate surface area is 254 Å². The number of hydrogen-bond acceptors (Lipinski definition) is 3. The van der Waals surface area contributed by atoms with Gasteiger partial charge in [0.1, 0.15) is 0 Å². The summed E-state index contributed by atoms with van der Waals surface area (Å²) in [4.78, 5) is 0.228. The molecule has 0 aromatic heterocycles. The van der Waals surface area contributed by atoms with Crippen LogP contribution in [0.1, 0.15) is 80.4 Å². The SMILES string of the molecule is CC(C)(C)c1ccc(S(=O)(=O)N[C@@H](c2ccccc2)[C@@H](N)c2ccccc2)cc1.Cc1ccc(C(C)C)cc1.[Ru]. The first-order valence-corrected chi connectivity index (χ1v) is 14.9. The van der Waals surface area contributed by atoms with Gasteiger partial charge in [-0.25, -0.2) is 13.1 Å². The summed E-state index contributed by atoms with van der Waals surface area (Å²) in [5.74, 6) is 0.653. The van der Waals surface area contributed by atoms with E-state index < -0.39 is 22.1 Å². The zero-order chi connectivity index (χ0) is 28.6. The van der Waals surface area contributed by atoms with Crippen LogP contribution in [0.3, 0.4) is 0 Å². The Morgan fingerprint density at radius 1 is 0.675 bits per heavy atom. The summed E-state index contributed by atoms with van der Waals surface area (Å²) in [6.07, 6.45) is 0. The smallest absolute Gasteiger partial charge is 0.241 e. The van der Waals surface area contributed by atoms with E-state index in [1.807, 2.05) is 72.8 Å². The molecule has 0 aliphatic heterocycles. The van der Waals surface area contributed by atoms with Gasteiger partial charge in [-0.3, -0.25) is 0 Å². The molecule has 0 spiro atoms. The van der Waals surface area contributed by atoms with Crippen LogP contribution in [0.5, 0.6) is 0 Å². The van der Waals surface area contributed by atoms with Crippen LogP contribution in [-0.2, 0) is 34.9 Å². The van der Waals surface area contributed by atoms with Gasteiger partial charge in [0.05, 0.1) is 17.0 Å². The van der Waals surface area contributed by atoms with E-state index >= 15 is 0 Å². The van der Waals surface area contributed by atoms with Crippen molar-refractivity contribution < 1.29 is 27.9 Å². The molecule has 0 radical (unpaired) electrons. The van der Waals surface area contributed by atoms with E-state index in [0.717, 1.165) is 16.7 Å². The zero-order valence-corrected chi connectivity index (χ0v) is 26.8. The average Bonchev–Trinajstić information content (AvgIpc) is 2.92. The summed E-state index contributed by atoms with van der Waals surface area (Å²) in [6, 6.07) is 33.6. The van der Waals surface area contributed by atoms with Crippen LogP contribution < -0.4 is 10.5 Å². The quantitative estimate of drug-likeness (QED) is 0.202. The largest absolute Gasteiger partial charge is 0.322 e. The molecular formula is C34H42N2O2RuS. The van der Waals surface area contributed by atoms with E-state index in [-0.39, 0.29) is 29.8 Å². The van der Waals surface area contributed by atoms with Crippen molar-refractivity contribution >= 4 is 10.0 Å². The normalized spacial score (nSPS) is 13.0. The molecular weight excluding hydrogens is 602 g/mol. The van der Waals surface area contributed by atoms with E-state index in [9.17, 15) is 8.42 Å². The number of rotatable bonds is 7. The molecule has 3 N–H and O–H groups in total. The minimum Gasteiger partial charge on any atom is -0.322 e. The van der Waals surface area contributed by atoms with Crippen LogP contribution in [0.4, 0.5) is 0 Å². The minimum absolute atomic E-state index is 0. The first-order valence-electron chi connectivity index (χ1n) is 13.4. The second-order valence-electron chi connectivity index (χ2n) is 11.3. The molecule has 0 unspecified atom stereocenters. The molecule has 4 aromatic rings. The summed E-state index contributed by atoms with van der Waals surface area (Å²) >= 11 is 0. The summed E-state index contributed by atoms with van der Waals surface area (Å²) < 4.78 is 29.1. The maximum Gasteiger partial charge on any atom is 0.241 e. The Bertz CT molecular complexity index is 1400. The Morgan fingerprint density at radius 2 is 1.15 bits per heavy atom. The number of hydrogen-bond donors (Lipinski definition) is 2. The molecule has 0 aliphatic rings. The monoisotopic (exact) mass is 644 g/mol. The van der Waals surface area contributed by atoms with Gasteiger partial charge < -0.3 is 5.73 Å². The van der Waals surface area contributed by atoms with E-state index in [4.69, 9.17) is 5.73 Å². The summed E-state index contributed by atoms with van der Waals surface area (Å²) in [5.41, 5.74) is 12.0. The zero-order valence-electron chi connectivity index (χ0n) is 24.3. The van der Waals surface area contributed by atoms with Crippen LogP contribution in [0, 0.1) is 6.92 Å². The van der Waals surface area contributed by atoms with Gasteiger partial charge in [-0.2, -0.15) is 0 Å². The van der Waals surface area contributed by atoms with E-state index in [0.29, 0.717) is 5.92 Å². The molecule has 0 bridgehead atoms. The first-order chi connectivity index (χ1) is 18.4. The third kappa shape index (κ3) is 9.49. The summed E-state index contributed by atoms with van der Waals surface area (Å²) in [7, 11) is -3.75. The predicted octanol–water partition coefficient (Wildman–Crippen LogP) is 7.82. The fourth-order valence-electron chi connectivity index (χ4n) is 4.20. The Balaban J connectivity index is 0.000000431. The molecule has 214 valence electrons. The third-order valence-corrected chi connectivity index (χ3v) is 8.22. The molecule has 4 aromatic carbocycles. The molecule has 0 fully saturated rings. The Hall–Kier alpha value is -2.63. The van der Waals surface area contributed by atoms with Gasteiger partial charge in [0, 0.05) is 19.5 Å². The molecule has 0 aliphatic carbocycles. The summed E-state index contributed by atoms with van der Waals surface area (Å²) in [5, 5.41) is 0. The van der Waals surface area contributed by atoms with Crippen molar-refractivity contribution in [1.29, 1.82) is 0 Å². The standard InChI is InChI=1S/C24H28N2O2S.C10H14.Ru/c1-24(2,3)20-14-16-21(17-15-20)29(27,28)26-23(19-12-8-5-9-13-19)22(25)18-10-6-4-7-11-18;1-8(2)10-6-4-9(3)5-7-10;/h4-17,22-23,26H,25H2,1-3H3;4-8H,1-3H3;/t22-,23-;;/m0../s1. The molecule has 0 saturated heterocycles. The van der Waals surface area contributed by atoms with Crippen molar-refractivity contribution in [3.63, 3.8) is 0 Å². The minimum atomic E-state index is -3.75. The maximum absolute atomic E-state index is 13.1. The van der Waals surface area contributed by atoms with Gasteiger partial charge in [0.2, 0.25) is 10.0 Å². The van der Waals surface area contributed by atoms with E-state index in [1.54, 1.807) is 12.1 Å². The van der Waals surface area contributed by atoms with Gasteiger partial charge in [0.25, 0.3) is 0 Å². The second kappa shape index (κ2) is 14.8. The molecule has 0 saturated carbocycles. The Morgan fingerprint density at radius 3 is 1.60 bits per heavy atom. The number of sulfonamides is 1. The van der Waals surface area contributed by atoms with Crippen molar-refractivity contribution in [3.05, 3.63) is 137 Å². The molecule has 40 heavy (non-hydrogen) atoms. The predicted molar refractivity (Wildman–Crippen MR) is 163 cm³/mol. The maximum atomic E-state index is 13.1. The van der Waals surface area contributed by atoms with Crippen molar-refractivity contribution in [2.75, 3.05) is 0 Å². The van der Waals surface area contributed by atoms with Crippen LogP contribution in [0.25, 0.3) is 0 Å². The number of nitrogens with two attached hydrogens (primary N) is 1. The third-order valence-electron chi connectivity index (χ3n) is 6.76. The fraction of sp³-hybridized carbons (Fsp3) is 0.294. The van der Waals surface area contributed by atoms with Gasteiger partial charge in [-0.1, -0.05) is 137 Å². The molecule has 4 nitrogen and oxygen atoms in total. The Kier molecular flexibility index (Phi) is 12.5. The van der Waals surface area contributed by atoms with Gasteiger partial charge >= 0.3 is 0 Å². The first kappa shape index (κ1) is 33.6. The van der Waals surface area contributed by atoms with Crippen molar-refractivity contribution in [2.45, 2.75) is 69.9 Å². The number of nitrogens with one attached hydrogen (secondary N) is 1. The van der Waals surface area contributed by atoms with E-state index in [1.165, 1.54) is 11.1 Å². The van der Waals surface area contributed by atoms with Crippen molar-refractivity contribution in [3.8, 4) is 0 Å². The molecule has 4 rings (SSSR count). The second-order valence-corrected chi connectivity index (χ2v) is 13.0. The van der Waals surface area contributed by atoms with Gasteiger partial charge in [-0.05, 0) is 52.6 Å². The van der Waals surface area contributed by atoms with Crippen LogP contribution in [0.2, 0.25) is 0 Å². The van der Waals surface area contributed by atoms with Gasteiger partial charge in [-0.15, -0.1) is 0 Å². The average molecular weight is 644 g/mol. The van der Waals surface area contributed by atoms with Gasteiger partial charge in [0.15, 0.2) is 0 Å². The van der Waals surface area contributed by atoms with Crippen LogP contribution in [-0.4, -0.2) is 8.42 Å². The molecule has 6 heteroatoms. The van der Waals surface area contributed by atoms with Crippen LogP contribution >= 0.6 is 0 Å². The molecule has 0 amide bonds. The number of aryl methyl sites for hydroxylation is 1.